The number of ether oxygens (including phenoxy) is 1. The number of benzene rings is 3. The quantitative estimate of drug-likeness (QED) is 0.107. The van der Waals surface area contributed by atoms with Gasteiger partial charge in [-0.2, -0.15) is 0 Å². The number of carbonyl (C=O) groups excluding carboxylic acids is 2. The second-order valence-corrected chi connectivity index (χ2v) is 12.5. The Balaban J connectivity index is 1.36. The first-order valence-corrected chi connectivity index (χ1v) is 15.5. The summed E-state index contributed by atoms with van der Waals surface area (Å²) in [4.78, 5) is 28.7. The van der Waals surface area contributed by atoms with E-state index in [0.29, 0.717) is 15.7 Å². The molecule has 5 rings (SSSR count). The molecule has 1 amide bonds. The Morgan fingerprint density at radius 1 is 0.902 bits per heavy atom. The van der Waals surface area contributed by atoms with Crippen molar-refractivity contribution in [2.24, 2.45) is 0 Å². The number of thiophene rings is 1. The van der Waals surface area contributed by atoms with Gasteiger partial charge in [-0.05, 0) is 86.3 Å². The van der Waals surface area contributed by atoms with Gasteiger partial charge in [0.2, 0.25) is 5.91 Å². The fourth-order valence-corrected chi connectivity index (χ4v) is 7.36. The van der Waals surface area contributed by atoms with Gasteiger partial charge in [0.25, 0.3) is 0 Å². The van der Waals surface area contributed by atoms with E-state index < -0.39 is 11.2 Å². The van der Waals surface area contributed by atoms with Crippen LogP contribution in [0.15, 0.2) is 83.8 Å². The highest BCUT2D eigenvalue weighted by molar-refractivity contribution is 8.00. The number of hydrogen-bond donors (Lipinski definition) is 3. The van der Waals surface area contributed by atoms with Gasteiger partial charge >= 0.3 is 5.97 Å². The smallest absolute Gasteiger partial charge is 0.341 e. The molecule has 1 aliphatic rings. The standard InChI is InChI=1S/C32H31N3O3S3/c1-20-15-17-22(18-16-20)33-32(39)34-23-11-8-12-24(19-23)40-28(21-9-4-3-5-10-21)29(36)35-30-27(31(37)38-2)25-13-6-7-14-26(25)41-30/h3-5,8-12,15-19,28H,6-7,13-14H2,1-2H3,(H,35,36)(H2,33,34,39). The number of amides is 1. The molecule has 4 aromatic rings. The summed E-state index contributed by atoms with van der Waals surface area (Å²) in [5.74, 6) is -0.600. The number of thiocarbonyl (C=S) groups is 1. The average molecular weight is 602 g/mol. The molecule has 0 radical (unpaired) electrons. The lowest BCUT2D eigenvalue weighted by Gasteiger charge is -2.18. The number of nitrogens with one attached hydrogen (secondary N) is 3. The van der Waals surface area contributed by atoms with Crippen LogP contribution in [0, 0.1) is 6.92 Å². The van der Waals surface area contributed by atoms with Crippen LogP contribution in [-0.4, -0.2) is 24.1 Å². The summed E-state index contributed by atoms with van der Waals surface area (Å²) in [6, 6.07) is 25.5. The van der Waals surface area contributed by atoms with Crippen molar-refractivity contribution in [3.8, 4) is 0 Å². The van der Waals surface area contributed by atoms with Gasteiger partial charge in [0.15, 0.2) is 5.11 Å². The predicted molar refractivity (Wildman–Crippen MR) is 173 cm³/mol. The number of rotatable bonds is 8. The Labute approximate surface area is 253 Å². The molecule has 0 aliphatic heterocycles. The molecule has 9 heteroatoms. The van der Waals surface area contributed by atoms with Gasteiger partial charge < -0.3 is 20.7 Å². The summed E-state index contributed by atoms with van der Waals surface area (Å²) in [6.45, 7) is 2.04. The molecule has 1 atom stereocenters. The Morgan fingerprint density at radius 2 is 1.63 bits per heavy atom. The lowest BCUT2D eigenvalue weighted by atomic mass is 9.95. The maximum atomic E-state index is 13.9. The van der Waals surface area contributed by atoms with Gasteiger partial charge in [0.05, 0.1) is 12.7 Å². The molecule has 0 saturated carbocycles. The summed E-state index contributed by atoms with van der Waals surface area (Å²) >= 11 is 8.46. The lowest BCUT2D eigenvalue weighted by molar-refractivity contribution is -0.115. The molecular weight excluding hydrogens is 571 g/mol. The fourth-order valence-electron chi connectivity index (χ4n) is 4.76. The molecule has 0 bridgehead atoms. The Morgan fingerprint density at radius 3 is 2.39 bits per heavy atom. The minimum absolute atomic E-state index is 0.195. The zero-order chi connectivity index (χ0) is 28.8. The number of esters is 1. The van der Waals surface area contributed by atoms with Crippen LogP contribution in [0.1, 0.15) is 50.0 Å². The van der Waals surface area contributed by atoms with Crippen molar-refractivity contribution in [2.45, 2.75) is 42.8 Å². The maximum Gasteiger partial charge on any atom is 0.341 e. The highest BCUT2D eigenvalue weighted by atomic mass is 32.2. The van der Waals surface area contributed by atoms with Gasteiger partial charge in [-0.3, -0.25) is 4.79 Å². The third-order valence-electron chi connectivity index (χ3n) is 6.79. The normalized spacial score (nSPS) is 13.0. The van der Waals surface area contributed by atoms with Crippen LogP contribution in [-0.2, 0) is 22.4 Å². The van der Waals surface area contributed by atoms with Crippen molar-refractivity contribution in [1.29, 1.82) is 0 Å². The van der Waals surface area contributed by atoms with Gasteiger partial charge in [0, 0.05) is 21.1 Å². The average Bonchev–Trinajstić information content (AvgIpc) is 3.35. The molecule has 0 saturated heterocycles. The molecule has 6 nitrogen and oxygen atoms in total. The van der Waals surface area contributed by atoms with Crippen molar-refractivity contribution < 1.29 is 14.3 Å². The maximum absolute atomic E-state index is 13.9. The van der Waals surface area contributed by atoms with Crippen LogP contribution < -0.4 is 16.0 Å². The largest absolute Gasteiger partial charge is 0.465 e. The highest BCUT2D eigenvalue weighted by Gasteiger charge is 2.29. The summed E-state index contributed by atoms with van der Waals surface area (Å²) < 4.78 is 5.10. The van der Waals surface area contributed by atoms with Gasteiger partial charge in [-0.1, -0.05) is 54.1 Å². The zero-order valence-corrected chi connectivity index (χ0v) is 25.3. The third kappa shape index (κ3) is 7.16. The number of carbonyl (C=O) groups is 2. The first kappa shape index (κ1) is 28.9. The third-order valence-corrected chi connectivity index (χ3v) is 9.45. The topological polar surface area (TPSA) is 79.5 Å². The van der Waals surface area contributed by atoms with E-state index in [1.165, 1.54) is 35.8 Å². The minimum atomic E-state index is -0.547. The summed E-state index contributed by atoms with van der Waals surface area (Å²) in [6.07, 6.45) is 3.84. The van der Waals surface area contributed by atoms with Crippen LogP contribution in [0.3, 0.4) is 0 Å². The molecule has 3 aromatic carbocycles. The van der Waals surface area contributed by atoms with Crippen LogP contribution in [0.5, 0.6) is 0 Å². The van der Waals surface area contributed by atoms with Crippen LogP contribution in [0.4, 0.5) is 16.4 Å². The van der Waals surface area contributed by atoms with Crippen molar-refractivity contribution in [1.82, 2.24) is 0 Å². The predicted octanol–water partition coefficient (Wildman–Crippen LogP) is 8.00. The second-order valence-electron chi connectivity index (χ2n) is 9.78. The molecule has 0 spiro atoms. The number of anilines is 3. The van der Waals surface area contributed by atoms with E-state index in [-0.39, 0.29) is 5.91 Å². The molecule has 1 aromatic heterocycles. The number of aryl methyl sites for hydroxylation is 2. The van der Waals surface area contributed by atoms with Crippen LogP contribution in [0.25, 0.3) is 0 Å². The van der Waals surface area contributed by atoms with Gasteiger partial charge in [-0.25, -0.2) is 4.79 Å². The molecule has 1 heterocycles. The van der Waals surface area contributed by atoms with Crippen LogP contribution >= 0.6 is 35.3 Å². The first-order valence-electron chi connectivity index (χ1n) is 13.4. The molecule has 1 unspecified atom stereocenters. The minimum Gasteiger partial charge on any atom is -0.465 e. The fraction of sp³-hybridized carbons (Fsp3) is 0.219. The van der Waals surface area contributed by atoms with E-state index in [1.54, 1.807) is 0 Å². The number of fused-ring (bicyclic) bond motifs is 1. The van der Waals surface area contributed by atoms with E-state index in [9.17, 15) is 9.59 Å². The lowest BCUT2D eigenvalue weighted by Crippen LogP contribution is -2.20. The summed E-state index contributed by atoms with van der Waals surface area (Å²) in [5.41, 5.74) is 5.27. The molecule has 41 heavy (non-hydrogen) atoms. The number of methoxy groups -OCH3 is 1. The molecule has 210 valence electrons. The van der Waals surface area contributed by atoms with E-state index in [0.717, 1.165) is 58.0 Å². The van der Waals surface area contributed by atoms with E-state index in [1.807, 2.05) is 85.8 Å². The summed E-state index contributed by atoms with van der Waals surface area (Å²) in [5, 5.41) is 10.0. The zero-order valence-electron chi connectivity index (χ0n) is 22.9. The van der Waals surface area contributed by atoms with E-state index in [2.05, 4.69) is 16.0 Å². The molecule has 3 N–H and O–H groups in total. The Kier molecular flexibility index (Phi) is 9.38. The molecular formula is C32H31N3O3S3. The summed E-state index contributed by atoms with van der Waals surface area (Å²) in [7, 11) is 1.38. The molecule has 1 aliphatic carbocycles. The number of hydrogen-bond acceptors (Lipinski definition) is 6. The van der Waals surface area contributed by atoms with Gasteiger partial charge in [-0.15, -0.1) is 23.1 Å². The molecule has 0 fully saturated rings. The van der Waals surface area contributed by atoms with E-state index in [4.69, 9.17) is 17.0 Å². The number of thioether (sulfide) groups is 1. The van der Waals surface area contributed by atoms with Crippen LogP contribution in [0.2, 0.25) is 0 Å². The van der Waals surface area contributed by atoms with Crippen molar-refractivity contribution in [3.05, 3.63) is 106 Å². The van der Waals surface area contributed by atoms with Crippen molar-refractivity contribution in [2.75, 3.05) is 23.1 Å². The van der Waals surface area contributed by atoms with Crippen molar-refractivity contribution in [3.63, 3.8) is 0 Å². The van der Waals surface area contributed by atoms with E-state index >= 15 is 0 Å². The Bertz CT molecular complexity index is 1550. The SMILES string of the molecule is COC(=O)c1c(NC(=O)C(Sc2cccc(NC(=S)Nc3ccc(C)cc3)c2)c2ccccc2)sc2c1CCCC2. The van der Waals surface area contributed by atoms with Gasteiger partial charge in [0.1, 0.15) is 10.3 Å². The first-order chi connectivity index (χ1) is 19.9. The monoisotopic (exact) mass is 601 g/mol. The Hall–Kier alpha value is -3.66. The highest BCUT2D eigenvalue weighted by Crippen LogP contribution is 2.41. The second kappa shape index (κ2) is 13.3. The van der Waals surface area contributed by atoms with Crippen molar-refractivity contribution >= 4 is 68.7 Å².